The van der Waals surface area contributed by atoms with Gasteiger partial charge in [0.25, 0.3) is 0 Å². The second kappa shape index (κ2) is 14.4. The monoisotopic (exact) mass is 485 g/mol. The predicted molar refractivity (Wildman–Crippen MR) is 133 cm³/mol. The molecule has 1 saturated heterocycles. The van der Waals surface area contributed by atoms with Crippen molar-refractivity contribution in [3.05, 3.63) is 0 Å². The van der Waals surface area contributed by atoms with Gasteiger partial charge in [0.15, 0.2) is 0 Å². The summed E-state index contributed by atoms with van der Waals surface area (Å²) in [7, 11) is 0. The lowest BCUT2D eigenvalue weighted by Gasteiger charge is -2.33. The highest BCUT2D eigenvalue weighted by Crippen LogP contribution is 2.13. The number of nitrogens with two attached hydrogens (primary N) is 1. The first-order valence-electron chi connectivity index (χ1n) is 12.5. The highest BCUT2D eigenvalue weighted by Gasteiger charge is 2.27. The zero-order valence-electron chi connectivity index (χ0n) is 22.2. The molecular weight excluding hydrogens is 438 g/mol. The Morgan fingerprint density at radius 2 is 1.15 bits per heavy atom. The summed E-state index contributed by atoms with van der Waals surface area (Å²) in [4.78, 5) is 43.4. The number of carbonyl (C=O) groups is 3. The molecule has 1 heterocycles. The summed E-state index contributed by atoms with van der Waals surface area (Å²) in [6.45, 7) is 15.0. The van der Waals surface area contributed by atoms with Crippen LogP contribution in [0.25, 0.3) is 0 Å². The summed E-state index contributed by atoms with van der Waals surface area (Å²) >= 11 is 0. The summed E-state index contributed by atoms with van der Waals surface area (Å²) in [6, 6.07) is 0. The van der Waals surface area contributed by atoms with Crippen molar-refractivity contribution in [1.82, 2.24) is 20.0 Å². The van der Waals surface area contributed by atoms with Crippen molar-refractivity contribution < 1.29 is 23.9 Å². The predicted octanol–water partition coefficient (Wildman–Crippen LogP) is 2.41. The third kappa shape index (κ3) is 13.0. The second-order valence-electron chi connectivity index (χ2n) is 10.7. The Bertz CT molecular complexity index is 645. The van der Waals surface area contributed by atoms with E-state index in [9.17, 15) is 14.4 Å². The molecule has 0 unspecified atom stereocenters. The number of rotatable bonds is 5. The molecule has 0 radical (unpaired) electrons. The van der Waals surface area contributed by atoms with Crippen molar-refractivity contribution in [1.29, 1.82) is 0 Å². The van der Waals surface area contributed by atoms with Crippen LogP contribution in [0.1, 0.15) is 67.2 Å². The molecule has 1 fully saturated rings. The maximum atomic E-state index is 12.9. The van der Waals surface area contributed by atoms with E-state index < -0.39 is 23.4 Å². The molecule has 0 aliphatic carbocycles. The van der Waals surface area contributed by atoms with Crippen molar-refractivity contribution in [2.45, 2.75) is 78.4 Å². The van der Waals surface area contributed by atoms with Crippen LogP contribution in [-0.2, 0) is 14.3 Å². The van der Waals surface area contributed by atoms with Crippen molar-refractivity contribution in [2.24, 2.45) is 5.73 Å². The molecule has 10 nitrogen and oxygen atoms in total. The number of hydrogen-bond acceptors (Lipinski definition) is 7. The van der Waals surface area contributed by atoms with E-state index in [-0.39, 0.29) is 12.5 Å². The smallest absolute Gasteiger partial charge is 0.410 e. The van der Waals surface area contributed by atoms with Gasteiger partial charge in [0.1, 0.15) is 11.2 Å². The first kappa shape index (κ1) is 30.0. The van der Waals surface area contributed by atoms with E-state index >= 15 is 0 Å². The van der Waals surface area contributed by atoms with Gasteiger partial charge in [0.2, 0.25) is 5.91 Å². The number of ether oxygens (including phenoxy) is 2. The molecular formula is C24H47N5O5. The zero-order valence-corrected chi connectivity index (χ0v) is 22.2. The fraction of sp³-hybridized carbons (Fsp3) is 0.875. The molecule has 0 aromatic rings. The molecule has 0 aromatic heterocycles. The molecule has 0 atom stereocenters. The van der Waals surface area contributed by atoms with E-state index in [4.69, 9.17) is 15.2 Å². The fourth-order valence-electron chi connectivity index (χ4n) is 3.39. The van der Waals surface area contributed by atoms with Crippen LogP contribution in [0, 0.1) is 0 Å². The first-order chi connectivity index (χ1) is 15.8. The number of nitrogens with zero attached hydrogens (tertiary/aromatic N) is 3. The average molecular weight is 486 g/mol. The third-order valence-corrected chi connectivity index (χ3v) is 5.15. The Hall–Kier alpha value is -2.07. The summed E-state index contributed by atoms with van der Waals surface area (Å²) in [5.74, 6) is 0.0791. The standard InChI is InChI=1S/C24H47N5O5/c1-23(2,3)33-21(31)28-15-13-26-12-14-27(20(30)10-8-7-9-11-25)16-17-29(19-18-28)22(32)34-24(4,5)6/h26H,7-19,25H2,1-6H3. The van der Waals surface area contributed by atoms with E-state index in [1.54, 1.807) is 14.7 Å². The van der Waals surface area contributed by atoms with Gasteiger partial charge >= 0.3 is 12.2 Å². The molecule has 3 N–H and O–H groups in total. The molecule has 1 rings (SSSR count). The van der Waals surface area contributed by atoms with E-state index in [0.29, 0.717) is 58.8 Å². The van der Waals surface area contributed by atoms with Gasteiger partial charge < -0.3 is 35.2 Å². The van der Waals surface area contributed by atoms with Crippen molar-refractivity contribution in [2.75, 3.05) is 58.9 Å². The number of nitrogens with one attached hydrogen (secondary N) is 1. The molecule has 198 valence electrons. The minimum Gasteiger partial charge on any atom is -0.444 e. The molecule has 34 heavy (non-hydrogen) atoms. The summed E-state index contributed by atoms with van der Waals surface area (Å²) in [6.07, 6.45) is 2.25. The number of hydrogen-bond donors (Lipinski definition) is 2. The highest BCUT2D eigenvalue weighted by molar-refractivity contribution is 5.76. The Morgan fingerprint density at radius 1 is 0.706 bits per heavy atom. The zero-order chi connectivity index (χ0) is 25.8. The Kier molecular flexibility index (Phi) is 12.7. The number of amides is 3. The lowest BCUT2D eigenvalue weighted by molar-refractivity contribution is -0.131. The molecule has 0 saturated carbocycles. The van der Waals surface area contributed by atoms with Gasteiger partial charge in [0, 0.05) is 58.8 Å². The molecule has 10 heteroatoms. The van der Waals surface area contributed by atoms with Crippen LogP contribution in [0.4, 0.5) is 9.59 Å². The van der Waals surface area contributed by atoms with Crippen LogP contribution >= 0.6 is 0 Å². The minimum absolute atomic E-state index is 0.0791. The van der Waals surface area contributed by atoms with Crippen LogP contribution < -0.4 is 11.1 Å². The highest BCUT2D eigenvalue weighted by atomic mass is 16.6. The molecule has 3 amide bonds. The Morgan fingerprint density at radius 3 is 1.62 bits per heavy atom. The van der Waals surface area contributed by atoms with E-state index in [2.05, 4.69) is 5.32 Å². The molecule has 0 spiro atoms. The Labute approximate surface area is 205 Å². The average Bonchev–Trinajstić information content (AvgIpc) is 2.68. The fourth-order valence-corrected chi connectivity index (χ4v) is 3.39. The normalized spacial score (nSPS) is 17.0. The summed E-state index contributed by atoms with van der Waals surface area (Å²) in [5, 5.41) is 3.31. The minimum atomic E-state index is -0.645. The molecule has 1 aliphatic heterocycles. The van der Waals surface area contributed by atoms with Crippen LogP contribution in [-0.4, -0.2) is 103 Å². The summed E-state index contributed by atoms with van der Waals surface area (Å²) in [5.41, 5.74) is 4.29. The second-order valence-corrected chi connectivity index (χ2v) is 10.7. The van der Waals surface area contributed by atoms with Crippen molar-refractivity contribution >= 4 is 18.1 Å². The van der Waals surface area contributed by atoms with Crippen LogP contribution in [0.15, 0.2) is 0 Å². The first-order valence-corrected chi connectivity index (χ1v) is 12.5. The summed E-state index contributed by atoms with van der Waals surface area (Å²) < 4.78 is 11.1. The third-order valence-electron chi connectivity index (χ3n) is 5.15. The van der Waals surface area contributed by atoms with Gasteiger partial charge in [-0.25, -0.2) is 9.59 Å². The lowest BCUT2D eigenvalue weighted by atomic mass is 10.2. The molecule has 0 aromatic carbocycles. The number of unbranched alkanes of at least 4 members (excludes halogenated alkanes) is 2. The quantitative estimate of drug-likeness (QED) is 0.574. The Balaban J connectivity index is 2.92. The van der Waals surface area contributed by atoms with Gasteiger partial charge in [0.05, 0.1) is 0 Å². The van der Waals surface area contributed by atoms with E-state index in [0.717, 1.165) is 19.3 Å². The topological polar surface area (TPSA) is 117 Å². The van der Waals surface area contributed by atoms with Gasteiger partial charge in [-0.15, -0.1) is 0 Å². The van der Waals surface area contributed by atoms with E-state index in [1.165, 1.54) is 0 Å². The van der Waals surface area contributed by atoms with Gasteiger partial charge in [-0.2, -0.15) is 0 Å². The number of carbonyl (C=O) groups excluding carboxylic acids is 3. The molecule has 1 aliphatic rings. The largest absolute Gasteiger partial charge is 0.444 e. The SMILES string of the molecule is CC(C)(C)OC(=O)N1CCNCCN(C(=O)CCCCCN)CCN(C(=O)OC(C)(C)C)CC1. The van der Waals surface area contributed by atoms with Gasteiger partial charge in [-0.1, -0.05) is 6.42 Å². The maximum Gasteiger partial charge on any atom is 0.410 e. The van der Waals surface area contributed by atoms with E-state index in [1.807, 2.05) is 41.5 Å². The van der Waals surface area contributed by atoms with Crippen molar-refractivity contribution in [3.63, 3.8) is 0 Å². The van der Waals surface area contributed by atoms with Gasteiger partial charge in [-0.3, -0.25) is 4.79 Å². The van der Waals surface area contributed by atoms with Crippen molar-refractivity contribution in [3.8, 4) is 0 Å². The van der Waals surface area contributed by atoms with Crippen LogP contribution in [0.5, 0.6) is 0 Å². The maximum absolute atomic E-state index is 12.9. The van der Waals surface area contributed by atoms with Crippen LogP contribution in [0.3, 0.4) is 0 Å². The van der Waals surface area contributed by atoms with Gasteiger partial charge in [-0.05, 0) is 60.9 Å². The van der Waals surface area contributed by atoms with Crippen LogP contribution in [0.2, 0.25) is 0 Å². The molecule has 0 bridgehead atoms. The lowest BCUT2D eigenvalue weighted by Crippen LogP contribution is -2.50.